The molecule has 2 aromatic rings. The van der Waals surface area contributed by atoms with Gasteiger partial charge in [-0.25, -0.2) is 9.97 Å². The van der Waals surface area contributed by atoms with E-state index >= 15 is 0 Å². The smallest absolute Gasteiger partial charge is 0.218 e. The van der Waals surface area contributed by atoms with Crippen molar-refractivity contribution in [1.82, 2.24) is 24.6 Å². The van der Waals surface area contributed by atoms with Crippen LogP contribution in [0.5, 0.6) is 5.88 Å². The van der Waals surface area contributed by atoms with Crippen LogP contribution in [0.15, 0.2) is 24.7 Å². The normalized spacial score (nSPS) is 18.8. The third-order valence-electron chi connectivity index (χ3n) is 4.53. The van der Waals surface area contributed by atoms with Gasteiger partial charge in [-0.3, -0.25) is 9.58 Å². The molecule has 1 fully saturated rings. The van der Waals surface area contributed by atoms with Gasteiger partial charge in [0, 0.05) is 45.5 Å². The van der Waals surface area contributed by atoms with Crippen molar-refractivity contribution in [3.63, 3.8) is 0 Å². The first-order valence-electron chi connectivity index (χ1n) is 7.95. The van der Waals surface area contributed by atoms with E-state index in [4.69, 9.17) is 4.74 Å². The highest BCUT2D eigenvalue weighted by Gasteiger charge is 2.24. The molecule has 3 rings (SSSR count). The first-order valence-corrected chi connectivity index (χ1v) is 7.95. The van der Waals surface area contributed by atoms with Crippen LogP contribution in [0.1, 0.15) is 18.5 Å². The van der Waals surface area contributed by atoms with Crippen molar-refractivity contribution in [3.05, 3.63) is 30.4 Å². The molecule has 0 radical (unpaired) electrons. The lowest BCUT2D eigenvalue weighted by molar-refractivity contribution is 0.194. The van der Waals surface area contributed by atoms with E-state index in [1.165, 1.54) is 18.5 Å². The number of hydrogen-bond donors (Lipinski definition) is 0. The van der Waals surface area contributed by atoms with Gasteiger partial charge in [0.25, 0.3) is 0 Å². The molecule has 1 unspecified atom stereocenters. The number of piperidine rings is 1. The Hall–Kier alpha value is -2.15. The molecular weight excluding hydrogens is 292 g/mol. The summed E-state index contributed by atoms with van der Waals surface area (Å²) in [6, 6.07) is 4.42. The molecule has 0 amide bonds. The van der Waals surface area contributed by atoms with Gasteiger partial charge in [-0.05, 0) is 25.5 Å². The molecule has 0 bridgehead atoms. The van der Waals surface area contributed by atoms with E-state index in [-0.39, 0.29) is 0 Å². The van der Waals surface area contributed by atoms with E-state index in [9.17, 15) is 0 Å². The fraction of sp³-hybridized carbons (Fsp3) is 0.562. The molecule has 0 N–H and O–H groups in total. The van der Waals surface area contributed by atoms with Crippen molar-refractivity contribution in [3.8, 4) is 5.88 Å². The minimum atomic E-state index is 0.441. The zero-order valence-corrected chi connectivity index (χ0v) is 14.0. The van der Waals surface area contributed by atoms with Crippen LogP contribution in [0.25, 0.3) is 0 Å². The summed E-state index contributed by atoms with van der Waals surface area (Å²) in [7, 11) is 5.72. The van der Waals surface area contributed by atoms with Crippen molar-refractivity contribution in [2.45, 2.75) is 25.4 Å². The zero-order valence-electron chi connectivity index (χ0n) is 14.0. The number of aromatic nitrogens is 4. The topological polar surface area (TPSA) is 59.3 Å². The van der Waals surface area contributed by atoms with Gasteiger partial charge in [-0.15, -0.1) is 0 Å². The van der Waals surface area contributed by atoms with E-state index in [0.717, 1.165) is 25.5 Å². The summed E-state index contributed by atoms with van der Waals surface area (Å²) in [5.41, 5.74) is 1.25. The molecule has 0 aromatic carbocycles. The van der Waals surface area contributed by atoms with E-state index in [2.05, 4.69) is 38.0 Å². The molecule has 23 heavy (non-hydrogen) atoms. The Kier molecular flexibility index (Phi) is 4.76. The Morgan fingerprint density at radius 3 is 3.00 bits per heavy atom. The number of methoxy groups -OCH3 is 1. The summed E-state index contributed by atoms with van der Waals surface area (Å²) in [6.45, 7) is 3.09. The minimum Gasteiger partial charge on any atom is -0.481 e. The Morgan fingerprint density at radius 1 is 1.39 bits per heavy atom. The zero-order chi connectivity index (χ0) is 16.2. The van der Waals surface area contributed by atoms with Gasteiger partial charge in [0.05, 0.1) is 12.8 Å². The SMILES string of the molecule is COc1cc(N(C)C2CCCN(Cc3ccnn3C)C2)ncn1. The second kappa shape index (κ2) is 6.95. The number of anilines is 1. The lowest BCUT2D eigenvalue weighted by Gasteiger charge is -2.38. The van der Waals surface area contributed by atoms with Crippen molar-refractivity contribution in [2.75, 3.05) is 32.1 Å². The second-order valence-corrected chi connectivity index (χ2v) is 6.01. The third kappa shape index (κ3) is 3.61. The molecule has 1 aliphatic heterocycles. The molecular formula is C16H24N6O. The predicted molar refractivity (Wildman–Crippen MR) is 88.5 cm³/mol. The van der Waals surface area contributed by atoms with Crippen molar-refractivity contribution < 1.29 is 4.74 Å². The van der Waals surface area contributed by atoms with Crippen LogP contribution in [0.4, 0.5) is 5.82 Å². The van der Waals surface area contributed by atoms with Gasteiger partial charge in [0.1, 0.15) is 12.1 Å². The van der Waals surface area contributed by atoms with Crippen molar-refractivity contribution in [2.24, 2.45) is 7.05 Å². The quantitative estimate of drug-likeness (QED) is 0.829. The summed E-state index contributed by atoms with van der Waals surface area (Å²) in [5, 5.41) is 4.25. The number of ether oxygens (including phenoxy) is 1. The lowest BCUT2D eigenvalue weighted by Crippen LogP contribution is -2.46. The number of hydrogen-bond acceptors (Lipinski definition) is 6. The molecule has 124 valence electrons. The molecule has 7 heteroatoms. The molecule has 2 aromatic heterocycles. The Bertz CT molecular complexity index is 643. The van der Waals surface area contributed by atoms with Gasteiger partial charge >= 0.3 is 0 Å². The molecule has 3 heterocycles. The van der Waals surface area contributed by atoms with Gasteiger partial charge in [0.15, 0.2) is 0 Å². The average Bonchev–Trinajstić information content (AvgIpc) is 2.99. The minimum absolute atomic E-state index is 0.441. The highest BCUT2D eigenvalue weighted by molar-refractivity contribution is 5.41. The molecule has 1 atom stereocenters. The van der Waals surface area contributed by atoms with Gasteiger partial charge in [0.2, 0.25) is 5.88 Å². The molecule has 0 aliphatic carbocycles. The molecule has 1 aliphatic rings. The van der Waals surface area contributed by atoms with Crippen LogP contribution in [-0.4, -0.2) is 57.9 Å². The van der Waals surface area contributed by atoms with E-state index < -0.39 is 0 Å². The van der Waals surface area contributed by atoms with Crippen LogP contribution in [0.2, 0.25) is 0 Å². The number of likely N-dealkylation sites (tertiary alicyclic amines) is 1. The monoisotopic (exact) mass is 316 g/mol. The number of nitrogens with zero attached hydrogens (tertiary/aromatic N) is 6. The standard InChI is InChI=1S/C16H24N6O/c1-20(15-9-16(23-3)18-12-17-15)13-5-4-8-22(10-13)11-14-6-7-19-21(14)2/h6-7,9,12-13H,4-5,8,10-11H2,1-3H3. The summed E-state index contributed by atoms with van der Waals surface area (Å²) in [4.78, 5) is 13.2. The molecule has 7 nitrogen and oxygen atoms in total. The highest BCUT2D eigenvalue weighted by Crippen LogP contribution is 2.22. The first-order chi connectivity index (χ1) is 11.2. The van der Waals surface area contributed by atoms with Crippen LogP contribution in [0, 0.1) is 0 Å². The van der Waals surface area contributed by atoms with Crippen LogP contribution in [-0.2, 0) is 13.6 Å². The van der Waals surface area contributed by atoms with Gasteiger partial charge in [-0.1, -0.05) is 0 Å². The van der Waals surface area contributed by atoms with Crippen LogP contribution < -0.4 is 9.64 Å². The summed E-state index contributed by atoms with van der Waals surface area (Å²) in [5.74, 6) is 1.51. The molecule has 1 saturated heterocycles. The second-order valence-electron chi connectivity index (χ2n) is 6.01. The number of aryl methyl sites for hydroxylation is 1. The molecule has 0 spiro atoms. The third-order valence-corrected chi connectivity index (χ3v) is 4.53. The summed E-state index contributed by atoms with van der Waals surface area (Å²) >= 11 is 0. The van der Waals surface area contributed by atoms with Crippen molar-refractivity contribution >= 4 is 5.82 Å². The highest BCUT2D eigenvalue weighted by atomic mass is 16.5. The van der Waals surface area contributed by atoms with Crippen LogP contribution in [0.3, 0.4) is 0 Å². The largest absolute Gasteiger partial charge is 0.481 e. The van der Waals surface area contributed by atoms with Gasteiger partial charge < -0.3 is 9.64 Å². The maximum atomic E-state index is 5.20. The summed E-state index contributed by atoms with van der Waals surface area (Å²) < 4.78 is 7.15. The molecule has 0 saturated carbocycles. The fourth-order valence-electron chi connectivity index (χ4n) is 3.10. The maximum absolute atomic E-state index is 5.20. The van der Waals surface area contributed by atoms with E-state index in [1.54, 1.807) is 13.4 Å². The van der Waals surface area contributed by atoms with Gasteiger partial charge in [-0.2, -0.15) is 5.10 Å². The Balaban J connectivity index is 1.66. The van der Waals surface area contributed by atoms with Crippen LogP contribution >= 0.6 is 0 Å². The van der Waals surface area contributed by atoms with Crippen molar-refractivity contribution in [1.29, 1.82) is 0 Å². The Morgan fingerprint density at radius 2 is 2.26 bits per heavy atom. The van der Waals surface area contributed by atoms with E-state index in [0.29, 0.717) is 11.9 Å². The predicted octanol–water partition coefficient (Wildman–Crippen LogP) is 1.32. The first kappa shape index (κ1) is 15.7. The summed E-state index contributed by atoms with van der Waals surface area (Å²) in [6.07, 6.45) is 5.77. The number of rotatable bonds is 5. The fourth-order valence-corrected chi connectivity index (χ4v) is 3.10. The lowest BCUT2D eigenvalue weighted by atomic mass is 10.0. The number of likely N-dealkylation sites (N-methyl/N-ethyl adjacent to an activating group) is 1. The Labute approximate surface area is 136 Å². The maximum Gasteiger partial charge on any atom is 0.218 e. The average molecular weight is 316 g/mol. The van der Waals surface area contributed by atoms with E-state index in [1.807, 2.05) is 24.0 Å².